The van der Waals surface area contributed by atoms with Crippen LogP contribution in [0.1, 0.15) is 11.1 Å². The van der Waals surface area contributed by atoms with E-state index < -0.39 is 42.7 Å². The summed E-state index contributed by atoms with van der Waals surface area (Å²) >= 11 is 0. The Morgan fingerprint density at radius 2 is 1.74 bits per heavy atom. The Morgan fingerprint density at radius 3 is 2.41 bits per heavy atom. The van der Waals surface area contributed by atoms with Gasteiger partial charge in [0.25, 0.3) is 5.56 Å². The summed E-state index contributed by atoms with van der Waals surface area (Å²) in [6, 6.07) is 5.34. The number of nitrogens with one attached hydrogen (secondary N) is 1. The SMILES string of the molecule is Cc1cc2cc3c(=O)[nH]c(=O)n(C[C@H](O)[C@@H](O)[C@@H](O)CO)c3nc2cc1C. The van der Waals surface area contributed by atoms with Crippen molar-refractivity contribution in [2.45, 2.75) is 38.7 Å². The van der Waals surface area contributed by atoms with Crippen molar-refractivity contribution in [2.24, 2.45) is 0 Å². The van der Waals surface area contributed by atoms with Crippen molar-refractivity contribution in [3.63, 3.8) is 0 Å². The van der Waals surface area contributed by atoms with E-state index in [4.69, 9.17) is 5.11 Å². The maximum atomic E-state index is 12.3. The smallest absolute Gasteiger partial charge is 0.330 e. The summed E-state index contributed by atoms with van der Waals surface area (Å²) in [5.41, 5.74) is 1.26. The molecule has 5 N–H and O–H groups in total. The Balaban J connectivity index is 2.20. The van der Waals surface area contributed by atoms with E-state index in [1.165, 1.54) is 0 Å². The molecular weight excluding hydrogens is 354 g/mol. The van der Waals surface area contributed by atoms with Crippen LogP contribution >= 0.6 is 0 Å². The number of H-pyrrole nitrogens is 1. The lowest BCUT2D eigenvalue weighted by Crippen LogP contribution is -2.44. The number of hydrogen-bond acceptors (Lipinski definition) is 7. The lowest BCUT2D eigenvalue weighted by molar-refractivity contribution is -0.0806. The van der Waals surface area contributed by atoms with Crippen molar-refractivity contribution in [1.29, 1.82) is 0 Å². The Morgan fingerprint density at radius 1 is 1.07 bits per heavy atom. The van der Waals surface area contributed by atoms with Crippen molar-refractivity contribution in [2.75, 3.05) is 6.61 Å². The second-order valence-corrected chi connectivity index (χ2v) is 6.67. The number of aromatic nitrogens is 3. The van der Waals surface area contributed by atoms with Crippen LogP contribution in [0.4, 0.5) is 0 Å². The number of hydrogen-bond donors (Lipinski definition) is 5. The van der Waals surface area contributed by atoms with Crippen molar-refractivity contribution in [3.05, 3.63) is 50.2 Å². The molecule has 9 heteroatoms. The van der Waals surface area contributed by atoms with Crippen LogP contribution in [-0.2, 0) is 6.54 Å². The number of rotatable bonds is 5. The van der Waals surface area contributed by atoms with Crippen LogP contribution in [0.5, 0.6) is 0 Å². The maximum absolute atomic E-state index is 12.3. The average Bonchev–Trinajstić information content (AvgIpc) is 2.63. The fourth-order valence-electron chi connectivity index (χ4n) is 2.96. The van der Waals surface area contributed by atoms with Gasteiger partial charge in [-0.15, -0.1) is 0 Å². The molecule has 0 fully saturated rings. The molecule has 0 saturated heterocycles. The van der Waals surface area contributed by atoms with E-state index in [0.717, 1.165) is 21.1 Å². The number of nitrogens with zero attached hydrogens (tertiary/aromatic N) is 2. The van der Waals surface area contributed by atoms with Gasteiger partial charge in [0.2, 0.25) is 0 Å². The van der Waals surface area contributed by atoms with Gasteiger partial charge in [-0.25, -0.2) is 9.78 Å². The van der Waals surface area contributed by atoms with Crippen LogP contribution in [0.3, 0.4) is 0 Å². The molecule has 2 aromatic heterocycles. The van der Waals surface area contributed by atoms with Crippen molar-refractivity contribution in [3.8, 4) is 0 Å². The van der Waals surface area contributed by atoms with Crippen molar-refractivity contribution in [1.82, 2.24) is 14.5 Å². The van der Waals surface area contributed by atoms with Gasteiger partial charge >= 0.3 is 5.69 Å². The Bertz CT molecular complexity index is 1120. The topological polar surface area (TPSA) is 149 Å². The minimum absolute atomic E-state index is 0.0595. The third-order valence-electron chi connectivity index (χ3n) is 4.72. The molecule has 0 bridgehead atoms. The van der Waals surface area contributed by atoms with E-state index in [1.807, 2.05) is 26.0 Å². The second-order valence-electron chi connectivity index (χ2n) is 6.67. The first-order valence-electron chi connectivity index (χ1n) is 8.42. The van der Waals surface area contributed by atoms with E-state index >= 15 is 0 Å². The van der Waals surface area contributed by atoms with Crippen LogP contribution < -0.4 is 11.2 Å². The molecule has 0 aliphatic heterocycles. The molecule has 0 saturated carbocycles. The third-order valence-corrected chi connectivity index (χ3v) is 4.72. The molecule has 0 spiro atoms. The molecule has 0 radical (unpaired) electrons. The zero-order chi connectivity index (χ0) is 19.9. The maximum Gasteiger partial charge on any atom is 0.330 e. The van der Waals surface area contributed by atoms with Gasteiger partial charge in [0.1, 0.15) is 24.0 Å². The molecule has 0 unspecified atom stereocenters. The molecule has 1 aromatic carbocycles. The summed E-state index contributed by atoms with van der Waals surface area (Å²) in [7, 11) is 0. The van der Waals surface area contributed by atoms with E-state index in [-0.39, 0.29) is 11.0 Å². The van der Waals surface area contributed by atoms with Crippen molar-refractivity contribution < 1.29 is 20.4 Å². The summed E-state index contributed by atoms with van der Waals surface area (Å²) in [6.07, 6.45) is -4.80. The Labute approximate surface area is 153 Å². The Hall–Kier alpha value is -2.59. The normalized spacial score (nSPS) is 15.2. The summed E-state index contributed by atoms with van der Waals surface area (Å²) in [5.74, 6) is 0. The molecule has 144 valence electrons. The summed E-state index contributed by atoms with van der Waals surface area (Å²) in [5, 5.41) is 39.2. The lowest BCUT2D eigenvalue weighted by Gasteiger charge is -2.22. The standard InChI is InChI=1S/C18H21N3O6/c1-8-3-10-5-11-16(19-12(10)4-9(8)2)21(18(27)20-17(11)26)6-13(23)15(25)14(24)7-22/h3-5,13-15,22-25H,6-7H2,1-2H3,(H,20,26,27)/t13-,14-,15+/m0/s1. The van der Waals surface area contributed by atoms with E-state index in [0.29, 0.717) is 5.52 Å². The van der Waals surface area contributed by atoms with Gasteiger partial charge in [0.05, 0.1) is 24.1 Å². The number of fused-ring (bicyclic) bond motifs is 2. The molecule has 2 heterocycles. The fourth-order valence-corrected chi connectivity index (χ4v) is 2.96. The first-order valence-corrected chi connectivity index (χ1v) is 8.42. The predicted molar refractivity (Wildman–Crippen MR) is 98.7 cm³/mol. The summed E-state index contributed by atoms with van der Waals surface area (Å²) in [6.45, 7) is 2.69. The molecule has 9 nitrogen and oxygen atoms in total. The molecule has 0 amide bonds. The van der Waals surface area contributed by atoms with E-state index in [2.05, 4.69) is 9.97 Å². The number of pyridine rings is 1. The number of aliphatic hydroxyl groups is 4. The molecular formula is C18H21N3O6. The van der Waals surface area contributed by atoms with Gasteiger partial charge in [-0.3, -0.25) is 14.3 Å². The van der Waals surface area contributed by atoms with Gasteiger partial charge in [0.15, 0.2) is 0 Å². The second kappa shape index (κ2) is 7.20. The van der Waals surface area contributed by atoms with Crippen molar-refractivity contribution >= 4 is 21.9 Å². The highest BCUT2D eigenvalue weighted by Gasteiger charge is 2.25. The van der Waals surface area contributed by atoms with E-state index in [1.54, 1.807) is 6.07 Å². The van der Waals surface area contributed by atoms with Crippen LogP contribution in [0.25, 0.3) is 21.9 Å². The highest BCUT2D eigenvalue weighted by atomic mass is 16.4. The minimum Gasteiger partial charge on any atom is -0.394 e. The lowest BCUT2D eigenvalue weighted by atomic mass is 10.1. The van der Waals surface area contributed by atoms with Gasteiger partial charge in [-0.2, -0.15) is 0 Å². The zero-order valence-corrected chi connectivity index (χ0v) is 14.9. The van der Waals surface area contributed by atoms with E-state index in [9.17, 15) is 24.9 Å². The van der Waals surface area contributed by atoms with Gasteiger partial charge in [-0.1, -0.05) is 0 Å². The highest BCUT2D eigenvalue weighted by Crippen LogP contribution is 2.21. The first-order chi connectivity index (χ1) is 12.7. The third kappa shape index (κ3) is 3.50. The number of aliphatic hydroxyl groups excluding tert-OH is 4. The monoisotopic (exact) mass is 375 g/mol. The quantitative estimate of drug-likeness (QED) is 0.357. The average molecular weight is 375 g/mol. The zero-order valence-electron chi connectivity index (χ0n) is 14.9. The fraction of sp³-hybridized carbons (Fsp3) is 0.389. The summed E-state index contributed by atoms with van der Waals surface area (Å²) < 4.78 is 1.03. The molecule has 3 atom stereocenters. The van der Waals surface area contributed by atoms with Gasteiger partial charge < -0.3 is 20.4 Å². The number of aryl methyl sites for hydroxylation is 2. The highest BCUT2D eigenvalue weighted by molar-refractivity contribution is 5.91. The molecule has 0 aliphatic carbocycles. The van der Waals surface area contributed by atoms with Crippen LogP contribution in [0.2, 0.25) is 0 Å². The largest absolute Gasteiger partial charge is 0.394 e. The first kappa shape index (κ1) is 19.2. The molecule has 27 heavy (non-hydrogen) atoms. The van der Waals surface area contributed by atoms with Gasteiger partial charge in [0, 0.05) is 5.39 Å². The predicted octanol–water partition coefficient (Wildman–Crippen LogP) is -1.07. The number of benzene rings is 1. The molecule has 3 aromatic rings. The number of aromatic amines is 1. The molecule has 3 rings (SSSR count). The summed E-state index contributed by atoms with van der Waals surface area (Å²) in [4.78, 5) is 31.1. The molecule has 0 aliphatic rings. The van der Waals surface area contributed by atoms with Crippen LogP contribution in [0.15, 0.2) is 27.8 Å². The minimum atomic E-state index is -1.67. The van der Waals surface area contributed by atoms with Crippen LogP contribution in [-0.4, -0.2) is 59.9 Å². The Kier molecular flexibility index (Phi) is 5.11. The van der Waals surface area contributed by atoms with Gasteiger partial charge in [-0.05, 0) is 43.2 Å². The van der Waals surface area contributed by atoms with Crippen LogP contribution in [0, 0.1) is 13.8 Å².